The molecular formula is C11H9NO. The summed E-state index contributed by atoms with van der Waals surface area (Å²) in [6.45, 7) is 0. The fourth-order valence-electron chi connectivity index (χ4n) is 1.22. The number of nitrogens with zero attached hydrogens (tertiary/aromatic N) is 1. The van der Waals surface area contributed by atoms with Gasteiger partial charge in [-0.2, -0.15) is 0 Å². The van der Waals surface area contributed by atoms with E-state index in [1.165, 1.54) is 0 Å². The van der Waals surface area contributed by atoms with Crippen LogP contribution in [0.3, 0.4) is 0 Å². The maximum atomic E-state index is 8.77. The third-order valence-corrected chi connectivity index (χ3v) is 1.91. The Hall–Kier alpha value is -1.83. The third-order valence-electron chi connectivity index (χ3n) is 1.91. The Balaban J connectivity index is 2.53. The lowest BCUT2D eigenvalue weighted by Gasteiger charge is -1.95. The van der Waals surface area contributed by atoms with Gasteiger partial charge >= 0.3 is 0 Å². The Morgan fingerprint density at radius 3 is 2.62 bits per heavy atom. The molecule has 2 nitrogen and oxygen atoms in total. The fraction of sp³-hybridized carbons (Fsp3) is 0. The minimum absolute atomic E-state index is 0.566. The standard InChI is InChI=1S/C11H9NO/c13-8-11-6-5-9-3-1-2-4-10(9)7-12-11/h1-8,13H. The van der Waals surface area contributed by atoms with Gasteiger partial charge in [-0.1, -0.05) is 30.3 Å². The van der Waals surface area contributed by atoms with Crippen molar-refractivity contribution in [3.8, 4) is 0 Å². The fourth-order valence-corrected chi connectivity index (χ4v) is 1.22. The maximum absolute atomic E-state index is 8.77. The van der Waals surface area contributed by atoms with Crippen molar-refractivity contribution in [3.63, 3.8) is 0 Å². The number of fused-ring (bicyclic) bond motifs is 1. The largest absolute Gasteiger partial charge is 0.513 e. The Morgan fingerprint density at radius 1 is 1.08 bits per heavy atom. The molecule has 0 spiro atoms. The molecule has 0 saturated carbocycles. The monoisotopic (exact) mass is 171 g/mol. The highest BCUT2D eigenvalue weighted by molar-refractivity contribution is 5.87. The van der Waals surface area contributed by atoms with Crippen molar-refractivity contribution in [1.82, 2.24) is 0 Å². The molecule has 0 amide bonds. The molecule has 0 unspecified atom stereocenters. The summed E-state index contributed by atoms with van der Waals surface area (Å²) < 4.78 is 0. The van der Waals surface area contributed by atoms with Crippen molar-refractivity contribution >= 4 is 12.3 Å². The highest BCUT2D eigenvalue weighted by atomic mass is 16.2. The van der Waals surface area contributed by atoms with E-state index in [0.29, 0.717) is 5.70 Å². The molecule has 1 aromatic rings. The summed E-state index contributed by atoms with van der Waals surface area (Å²) in [5.74, 6) is 0. The number of hydrogen-bond donors (Lipinski definition) is 1. The molecule has 2 rings (SSSR count). The molecule has 1 aliphatic heterocycles. The molecule has 0 fully saturated rings. The molecular weight excluding hydrogens is 162 g/mol. The van der Waals surface area contributed by atoms with Crippen LogP contribution in [0.25, 0.3) is 6.08 Å². The number of aliphatic imine (C=N–C) groups is 1. The zero-order chi connectivity index (χ0) is 9.10. The van der Waals surface area contributed by atoms with Crippen molar-refractivity contribution in [2.45, 2.75) is 0 Å². The van der Waals surface area contributed by atoms with Crippen LogP contribution in [0.15, 0.2) is 47.3 Å². The highest BCUT2D eigenvalue weighted by Gasteiger charge is 1.99. The summed E-state index contributed by atoms with van der Waals surface area (Å²) in [5, 5.41) is 8.77. The molecule has 0 bridgehead atoms. The van der Waals surface area contributed by atoms with E-state index in [9.17, 15) is 0 Å². The first-order chi connectivity index (χ1) is 6.40. The quantitative estimate of drug-likeness (QED) is 0.598. The summed E-state index contributed by atoms with van der Waals surface area (Å²) in [7, 11) is 0. The van der Waals surface area contributed by atoms with Gasteiger partial charge in [-0.25, -0.2) is 0 Å². The molecule has 1 N–H and O–H groups in total. The molecule has 0 aromatic heterocycles. The van der Waals surface area contributed by atoms with E-state index in [2.05, 4.69) is 4.99 Å². The van der Waals surface area contributed by atoms with E-state index in [1.54, 1.807) is 12.3 Å². The van der Waals surface area contributed by atoms with Crippen molar-refractivity contribution in [2.75, 3.05) is 0 Å². The molecule has 2 heteroatoms. The average molecular weight is 171 g/mol. The predicted molar refractivity (Wildman–Crippen MR) is 53.8 cm³/mol. The molecule has 13 heavy (non-hydrogen) atoms. The lowest BCUT2D eigenvalue weighted by Crippen LogP contribution is -1.83. The predicted octanol–water partition coefficient (Wildman–Crippen LogP) is 2.53. The molecule has 64 valence electrons. The van der Waals surface area contributed by atoms with Gasteiger partial charge in [0.25, 0.3) is 0 Å². The number of rotatable bonds is 0. The van der Waals surface area contributed by atoms with Gasteiger partial charge in [0.05, 0.1) is 5.70 Å². The number of benzene rings is 1. The lowest BCUT2D eigenvalue weighted by atomic mass is 10.1. The first-order valence-electron chi connectivity index (χ1n) is 4.06. The van der Waals surface area contributed by atoms with Crippen molar-refractivity contribution in [3.05, 3.63) is 53.4 Å². The SMILES string of the molecule is OC=C1C=Cc2ccccc2C=N1. The Kier molecular flexibility index (Phi) is 1.96. The molecule has 0 aliphatic carbocycles. The summed E-state index contributed by atoms with van der Waals surface area (Å²) in [5.41, 5.74) is 2.75. The van der Waals surface area contributed by atoms with Crippen LogP contribution in [0.1, 0.15) is 11.1 Å². The van der Waals surface area contributed by atoms with E-state index >= 15 is 0 Å². The Morgan fingerprint density at radius 2 is 1.85 bits per heavy atom. The number of aliphatic hydroxyl groups excluding tert-OH is 1. The van der Waals surface area contributed by atoms with E-state index in [0.717, 1.165) is 17.4 Å². The minimum atomic E-state index is 0.566. The van der Waals surface area contributed by atoms with Crippen molar-refractivity contribution < 1.29 is 5.11 Å². The first-order valence-corrected chi connectivity index (χ1v) is 4.06. The van der Waals surface area contributed by atoms with Crippen molar-refractivity contribution in [1.29, 1.82) is 0 Å². The van der Waals surface area contributed by atoms with Gasteiger partial charge < -0.3 is 5.11 Å². The van der Waals surface area contributed by atoms with Crippen LogP contribution in [-0.2, 0) is 0 Å². The van der Waals surface area contributed by atoms with Crippen LogP contribution in [0, 0.1) is 0 Å². The third kappa shape index (κ3) is 1.51. The highest BCUT2D eigenvalue weighted by Crippen LogP contribution is 2.14. The summed E-state index contributed by atoms with van der Waals surface area (Å²) >= 11 is 0. The van der Waals surface area contributed by atoms with Gasteiger partial charge in [0.2, 0.25) is 0 Å². The lowest BCUT2D eigenvalue weighted by molar-refractivity contribution is 0.468. The zero-order valence-corrected chi connectivity index (χ0v) is 7.01. The summed E-state index contributed by atoms with van der Waals surface area (Å²) in [6, 6.07) is 7.94. The van der Waals surface area contributed by atoms with E-state index in [1.807, 2.05) is 30.3 Å². The van der Waals surface area contributed by atoms with Gasteiger partial charge in [0.15, 0.2) is 0 Å². The normalized spacial score (nSPS) is 17.1. The van der Waals surface area contributed by atoms with Crippen molar-refractivity contribution in [2.24, 2.45) is 4.99 Å². The zero-order valence-electron chi connectivity index (χ0n) is 7.01. The number of allylic oxidation sites excluding steroid dienone is 1. The number of hydrogen-bond acceptors (Lipinski definition) is 2. The Bertz CT molecular complexity index is 367. The Labute approximate surface area is 76.6 Å². The van der Waals surface area contributed by atoms with Crippen LogP contribution in [0.4, 0.5) is 0 Å². The summed E-state index contributed by atoms with van der Waals surface area (Å²) in [6.07, 6.45) is 6.46. The average Bonchev–Trinajstić information content (AvgIpc) is 2.39. The second kappa shape index (κ2) is 3.27. The number of aliphatic hydroxyl groups is 1. The molecule has 1 aliphatic rings. The topological polar surface area (TPSA) is 32.6 Å². The van der Waals surface area contributed by atoms with E-state index in [4.69, 9.17) is 5.11 Å². The van der Waals surface area contributed by atoms with Gasteiger partial charge in [-0.15, -0.1) is 0 Å². The minimum Gasteiger partial charge on any atom is -0.513 e. The molecule has 0 radical (unpaired) electrons. The second-order valence-corrected chi connectivity index (χ2v) is 2.77. The molecule has 0 atom stereocenters. The van der Waals surface area contributed by atoms with Crippen LogP contribution in [-0.4, -0.2) is 11.3 Å². The van der Waals surface area contributed by atoms with Crippen LogP contribution < -0.4 is 0 Å². The van der Waals surface area contributed by atoms with Crippen LogP contribution in [0.2, 0.25) is 0 Å². The summed E-state index contributed by atoms with van der Waals surface area (Å²) in [4.78, 5) is 4.08. The van der Waals surface area contributed by atoms with E-state index in [-0.39, 0.29) is 0 Å². The van der Waals surface area contributed by atoms with Gasteiger partial charge in [0, 0.05) is 6.21 Å². The van der Waals surface area contributed by atoms with Gasteiger partial charge in [0.1, 0.15) is 6.26 Å². The van der Waals surface area contributed by atoms with Crippen LogP contribution in [0.5, 0.6) is 0 Å². The van der Waals surface area contributed by atoms with E-state index < -0.39 is 0 Å². The molecule has 0 saturated heterocycles. The van der Waals surface area contributed by atoms with Gasteiger partial charge in [-0.3, -0.25) is 4.99 Å². The first kappa shape index (κ1) is 7.80. The molecule has 1 aromatic carbocycles. The van der Waals surface area contributed by atoms with Crippen LogP contribution >= 0.6 is 0 Å². The maximum Gasteiger partial charge on any atom is 0.105 e. The molecule has 1 heterocycles. The smallest absolute Gasteiger partial charge is 0.105 e. The second-order valence-electron chi connectivity index (χ2n) is 2.77. The van der Waals surface area contributed by atoms with Gasteiger partial charge in [-0.05, 0) is 17.2 Å².